The predicted octanol–water partition coefficient (Wildman–Crippen LogP) is 5.00. The monoisotopic (exact) mass is 429 g/mol. The van der Waals surface area contributed by atoms with Crippen LogP contribution in [0.5, 0.6) is 5.75 Å². The van der Waals surface area contributed by atoms with Crippen LogP contribution in [0.1, 0.15) is 18.1 Å². The molecular formula is C21H21ClFN5O2. The number of hydrogen-bond acceptors (Lipinski definition) is 7. The lowest BCUT2D eigenvalue weighted by Gasteiger charge is -2.13. The second-order valence-electron chi connectivity index (χ2n) is 6.12. The van der Waals surface area contributed by atoms with Crippen molar-refractivity contribution in [3.05, 3.63) is 70.8 Å². The molecule has 7 nitrogen and oxygen atoms in total. The molecule has 0 atom stereocenters. The maximum absolute atomic E-state index is 13.3. The van der Waals surface area contributed by atoms with Gasteiger partial charge in [0.05, 0.1) is 16.8 Å². The summed E-state index contributed by atoms with van der Waals surface area (Å²) >= 11 is 6.37. The van der Waals surface area contributed by atoms with E-state index >= 15 is 0 Å². The van der Waals surface area contributed by atoms with Gasteiger partial charge in [-0.05, 0) is 42.8 Å². The molecule has 1 aromatic heterocycles. The van der Waals surface area contributed by atoms with E-state index in [4.69, 9.17) is 21.2 Å². The lowest BCUT2D eigenvalue weighted by atomic mass is 10.2. The zero-order valence-electron chi connectivity index (χ0n) is 16.5. The van der Waals surface area contributed by atoms with E-state index < -0.39 is 0 Å². The highest BCUT2D eigenvalue weighted by molar-refractivity contribution is 6.32. The first-order valence-corrected chi connectivity index (χ1v) is 9.57. The minimum atomic E-state index is -0.309. The molecule has 0 saturated heterocycles. The molecular weight excluding hydrogens is 409 g/mol. The largest absolute Gasteiger partial charge is 0.487 e. The van der Waals surface area contributed by atoms with Crippen molar-refractivity contribution in [1.82, 2.24) is 9.97 Å². The summed E-state index contributed by atoms with van der Waals surface area (Å²) < 4.78 is 19.0. The van der Waals surface area contributed by atoms with Gasteiger partial charge in [0.15, 0.2) is 0 Å². The van der Waals surface area contributed by atoms with E-state index in [2.05, 4.69) is 25.8 Å². The first-order valence-electron chi connectivity index (χ1n) is 9.20. The Balaban J connectivity index is 1.77. The minimum absolute atomic E-state index is 0.208. The lowest BCUT2D eigenvalue weighted by Crippen LogP contribution is -2.08. The van der Waals surface area contributed by atoms with Gasteiger partial charge in [0.1, 0.15) is 43.2 Å². The molecule has 0 bridgehead atoms. The van der Waals surface area contributed by atoms with E-state index in [1.54, 1.807) is 30.3 Å². The molecule has 2 N–H and O–H groups in total. The van der Waals surface area contributed by atoms with Gasteiger partial charge in [-0.3, -0.25) is 0 Å². The quantitative estimate of drug-likeness (QED) is 0.368. The summed E-state index contributed by atoms with van der Waals surface area (Å²) in [4.78, 5) is 13.3. The summed E-state index contributed by atoms with van der Waals surface area (Å²) in [5, 5.41) is 10.6. The van der Waals surface area contributed by atoms with Crippen molar-refractivity contribution in [3.63, 3.8) is 0 Å². The maximum atomic E-state index is 13.3. The zero-order valence-corrected chi connectivity index (χ0v) is 17.3. The average molecular weight is 430 g/mol. The summed E-state index contributed by atoms with van der Waals surface area (Å²) in [6, 6.07) is 11.5. The number of rotatable bonds is 9. The average Bonchev–Trinajstić information content (AvgIpc) is 2.73. The summed E-state index contributed by atoms with van der Waals surface area (Å²) in [6.07, 6.45) is 2.97. The number of benzene rings is 2. The van der Waals surface area contributed by atoms with Crippen LogP contribution in [0, 0.1) is 5.82 Å². The van der Waals surface area contributed by atoms with Gasteiger partial charge in [0.25, 0.3) is 0 Å². The van der Waals surface area contributed by atoms with Crippen molar-refractivity contribution in [3.8, 4) is 5.75 Å². The van der Waals surface area contributed by atoms with E-state index in [0.29, 0.717) is 45.8 Å². The van der Waals surface area contributed by atoms with Gasteiger partial charge in [-0.2, -0.15) is 0 Å². The molecule has 3 aromatic rings. The SMILES string of the molecule is CCNc1ncnc(Nc2ccc(OCc3cccc(F)c3)c(Cl)c2)c1/C=N/OC. The predicted molar refractivity (Wildman–Crippen MR) is 116 cm³/mol. The Morgan fingerprint density at radius 1 is 1.17 bits per heavy atom. The van der Waals surface area contributed by atoms with Gasteiger partial charge >= 0.3 is 0 Å². The van der Waals surface area contributed by atoms with Crippen LogP contribution in [0.15, 0.2) is 53.9 Å². The Kier molecular flexibility index (Phi) is 7.40. The fourth-order valence-corrected chi connectivity index (χ4v) is 2.89. The highest BCUT2D eigenvalue weighted by atomic mass is 35.5. The molecule has 0 fully saturated rings. The summed E-state index contributed by atoms with van der Waals surface area (Å²) in [7, 11) is 1.46. The first-order chi connectivity index (χ1) is 14.6. The van der Waals surface area contributed by atoms with E-state index in [9.17, 15) is 4.39 Å². The van der Waals surface area contributed by atoms with Gasteiger partial charge in [0, 0.05) is 12.2 Å². The summed E-state index contributed by atoms with van der Waals surface area (Å²) in [5.74, 6) is 1.34. The van der Waals surface area contributed by atoms with Crippen molar-refractivity contribution >= 4 is 35.1 Å². The number of ether oxygens (including phenoxy) is 1. The van der Waals surface area contributed by atoms with Crippen molar-refractivity contribution in [2.75, 3.05) is 24.3 Å². The number of oxime groups is 1. The number of aromatic nitrogens is 2. The van der Waals surface area contributed by atoms with Gasteiger partial charge in [0.2, 0.25) is 0 Å². The Labute approximate surface area is 178 Å². The molecule has 30 heavy (non-hydrogen) atoms. The van der Waals surface area contributed by atoms with E-state index in [1.165, 1.54) is 31.8 Å². The number of halogens is 2. The third kappa shape index (κ3) is 5.57. The highest BCUT2D eigenvalue weighted by Gasteiger charge is 2.11. The van der Waals surface area contributed by atoms with E-state index in [1.807, 2.05) is 6.92 Å². The molecule has 0 amide bonds. The molecule has 2 aromatic carbocycles. The highest BCUT2D eigenvalue weighted by Crippen LogP contribution is 2.30. The normalized spacial score (nSPS) is 10.8. The number of nitrogens with zero attached hydrogens (tertiary/aromatic N) is 3. The molecule has 0 saturated carbocycles. The Bertz CT molecular complexity index is 1030. The van der Waals surface area contributed by atoms with Crippen LogP contribution in [-0.2, 0) is 11.4 Å². The van der Waals surface area contributed by atoms with Crippen molar-refractivity contribution in [2.45, 2.75) is 13.5 Å². The van der Waals surface area contributed by atoms with E-state index in [-0.39, 0.29) is 12.4 Å². The molecule has 0 aliphatic rings. The molecule has 3 rings (SSSR count). The summed E-state index contributed by atoms with van der Waals surface area (Å²) in [6.45, 7) is 2.86. The Morgan fingerprint density at radius 3 is 2.73 bits per heavy atom. The third-order valence-corrected chi connectivity index (χ3v) is 4.29. The van der Waals surface area contributed by atoms with Gasteiger partial charge in [-0.25, -0.2) is 14.4 Å². The number of nitrogens with one attached hydrogen (secondary N) is 2. The summed E-state index contributed by atoms with van der Waals surface area (Å²) in [5.41, 5.74) is 2.06. The standard InChI is InChI=1S/C21H21ClFN5O2/c1-3-24-20-17(11-27-29-2)21(26-13-25-20)28-16-7-8-19(18(22)10-16)30-12-14-5-4-6-15(23)9-14/h4-11,13H,3,12H2,1-2H3,(H2,24,25,26,28)/b27-11+. The zero-order chi connectivity index (χ0) is 21.3. The van der Waals surface area contributed by atoms with Crippen LogP contribution in [0.3, 0.4) is 0 Å². The molecule has 156 valence electrons. The third-order valence-electron chi connectivity index (χ3n) is 3.99. The van der Waals surface area contributed by atoms with Crippen LogP contribution in [0.4, 0.5) is 21.7 Å². The second-order valence-corrected chi connectivity index (χ2v) is 6.53. The van der Waals surface area contributed by atoms with Gasteiger partial charge in [-0.15, -0.1) is 0 Å². The van der Waals surface area contributed by atoms with Crippen LogP contribution in [0.25, 0.3) is 0 Å². The molecule has 1 heterocycles. The topological polar surface area (TPSA) is 80.7 Å². The molecule has 0 unspecified atom stereocenters. The molecule has 9 heteroatoms. The van der Waals surface area contributed by atoms with Crippen molar-refractivity contribution in [2.24, 2.45) is 5.16 Å². The number of hydrogen-bond donors (Lipinski definition) is 2. The fourth-order valence-electron chi connectivity index (χ4n) is 2.65. The van der Waals surface area contributed by atoms with Crippen LogP contribution >= 0.6 is 11.6 Å². The maximum Gasteiger partial charge on any atom is 0.144 e. The molecule has 0 aliphatic carbocycles. The van der Waals surface area contributed by atoms with E-state index in [0.717, 1.165) is 0 Å². The van der Waals surface area contributed by atoms with Gasteiger partial charge < -0.3 is 20.2 Å². The molecule has 0 radical (unpaired) electrons. The molecule has 0 aliphatic heterocycles. The van der Waals surface area contributed by atoms with Crippen LogP contribution < -0.4 is 15.4 Å². The first kappa shape index (κ1) is 21.3. The molecule has 0 spiro atoms. The van der Waals surface area contributed by atoms with Crippen LogP contribution in [0.2, 0.25) is 5.02 Å². The van der Waals surface area contributed by atoms with Crippen LogP contribution in [-0.4, -0.2) is 29.8 Å². The van der Waals surface area contributed by atoms with Crippen molar-refractivity contribution < 1.29 is 14.0 Å². The second kappa shape index (κ2) is 10.4. The number of anilines is 3. The fraction of sp³-hybridized carbons (Fsp3) is 0.190. The Hall–Kier alpha value is -3.39. The van der Waals surface area contributed by atoms with Gasteiger partial charge in [-0.1, -0.05) is 28.9 Å². The Morgan fingerprint density at radius 2 is 2.00 bits per heavy atom. The smallest absolute Gasteiger partial charge is 0.144 e. The lowest BCUT2D eigenvalue weighted by molar-refractivity contribution is 0.215. The van der Waals surface area contributed by atoms with Crippen molar-refractivity contribution in [1.29, 1.82) is 0 Å². The minimum Gasteiger partial charge on any atom is -0.487 e.